The minimum atomic E-state index is -8.08. The number of hydrogen-bond acceptors (Lipinski definition) is 51. The van der Waals surface area contributed by atoms with E-state index in [-0.39, 0.29) is 32.6 Å². The third kappa shape index (κ3) is 29.3. The second-order valence-electron chi connectivity index (χ2n) is 27.9. The van der Waals surface area contributed by atoms with Crippen LogP contribution < -0.4 is 46.5 Å². The van der Waals surface area contributed by atoms with E-state index in [2.05, 4.69) is 76.4 Å². The van der Waals surface area contributed by atoms with Crippen LogP contribution in [-0.2, 0) is 184 Å². The lowest BCUT2D eigenvalue weighted by Crippen LogP contribution is -2.36. The van der Waals surface area contributed by atoms with Gasteiger partial charge in [0, 0.05) is 57.7 Å². The highest BCUT2D eigenvalue weighted by atomic mass is 32.3. The van der Waals surface area contributed by atoms with Crippen molar-refractivity contribution in [3.63, 3.8) is 0 Å². The van der Waals surface area contributed by atoms with E-state index in [0.717, 1.165) is 11.6 Å². The molecule has 0 bridgehead atoms. The molecule has 58 nitrogen and oxygen atoms in total. The number of ether oxygens (including phenoxy) is 4. The Bertz CT molecular complexity index is 7270. The highest BCUT2D eigenvalue weighted by Gasteiger charge is 2.64. The van der Waals surface area contributed by atoms with Crippen LogP contribution in [0.4, 0.5) is 159 Å². The smallest absolute Gasteiger partial charge is 0.350 e. The molecule has 5 N–H and O–H groups in total. The molecule has 0 amide bonds. The van der Waals surface area contributed by atoms with Gasteiger partial charge in [-0.15, -0.1) is 0 Å². The molecule has 0 spiro atoms. The number of nitrogens with zero attached hydrogens (tertiary/aromatic N) is 10. The van der Waals surface area contributed by atoms with Crippen molar-refractivity contribution >= 4 is 176 Å². The maximum atomic E-state index is 15.3. The van der Waals surface area contributed by atoms with Gasteiger partial charge < -0.3 is 28.7 Å². The number of phosphoric acid groups is 4. The van der Waals surface area contributed by atoms with Crippen molar-refractivity contribution < 1.29 is 287 Å². The van der Waals surface area contributed by atoms with Gasteiger partial charge >= 0.3 is 183 Å². The van der Waals surface area contributed by atoms with Crippen LogP contribution >= 0.6 is 31.3 Å². The predicted octanol–water partition coefficient (Wildman–Crippen LogP) is 5.72. The first-order chi connectivity index (χ1) is 66.4. The summed E-state index contributed by atoms with van der Waals surface area (Å²) in [5.41, 5.74) is -72.3. The Morgan fingerprint density at radius 1 is 0.419 bits per heavy atom. The van der Waals surface area contributed by atoms with Gasteiger partial charge in [-0.05, 0) is 26.4 Å². The zero-order chi connectivity index (χ0) is 113. The number of aromatic nitrogens is 8. The second-order valence-corrected chi connectivity index (χ2v) is 49.6. The Labute approximate surface area is 801 Å². The summed E-state index contributed by atoms with van der Waals surface area (Å²) in [4.78, 5) is 75.0. The van der Waals surface area contributed by atoms with Gasteiger partial charge in [-0.3, -0.25) is 84.0 Å². The molecule has 4 aromatic rings. The number of aromatic amines is 2. The number of aryl methyl sites for hydroxylation is 1. The predicted molar refractivity (Wildman–Crippen MR) is 415 cm³/mol. The summed E-state index contributed by atoms with van der Waals surface area (Å²) in [7, 11) is -97.6. The number of aliphatic imine (C=N–C) groups is 2. The summed E-state index contributed by atoms with van der Waals surface area (Å²) in [5, 5.41) is 0. The maximum absolute atomic E-state index is 15.3. The molecule has 4 aliphatic heterocycles. The standard InChI is InChI=1S/C50H50F27N15O43P4S9/c1-18-12-92(41(96)85-37(18)93)31-10-21(129-138(99,133-146(113,114)48(69,70)71)121-16-26-22(130-143(107,108)45(60,61)62)11-29(124-26)89(4)35-32(78-2)34(80-17-81-35)87-141(103,104)43(54,55)56)25(126-31)14-120-137(98,132-145(111,112)47(66,67)68)128-20-9-30(91-7-6-27(82-40(91)95)86-140(101,102)42(51,52)53)125-24(20)13-119-136(97,131-144(109,110)46(63,64)65)127-19-8-28(90(5)36-33(79-3)38(94)84-39(83-36)88-142(105,106)44(57,58)59)123-23(19)15-122-139(100,134-147(115,116)49(72,73)74)135-148(117,118)50(75,76)77/h6-7,12,17,19-26,28-31H,2-3,8-11,13-16H2,1,4-5H3,(H,80,81,87)(H,82,86,95)(H,85,93,96)(H2,83,84,88,94). The number of nitrogens with one attached hydrogen (secondary N) is 5. The molecule has 4 aliphatic rings. The number of sulfonamides is 3. The van der Waals surface area contributed by atoms with Crippen molar-refractivity contribution in [1.29, 1.82) is 0 Å². The number of halogens is 27. The molecule has 15 unspecified atom stereocenters. The van der Waals surface area contributed by atoms with Crippen molar-refractivity contribution in [2.75, 3.05) is 64.5 Å². The monoisotopic (exact) mass is 2470 g/mol. The van der Waals surface area contributed by atoms with E-state index in [4.69, 9.17) is 41.6 Å². The fourth-order valence-electron chi connectivity index (χ4n) is 11.2. The van der Waals surface area contributed by atoms with Gasteiger partial charge in [0.15, 0.2) is 23.1 Å². The molecule has 148 heavy (non-hydrogen) atoms. The average molecular weight is 2470 g/mol. The molecule has 8 rings (SSSR count). The van der Waals surface area contributed by atoms with Gasteiger partial charge in [0.25, 0.3) is 11.1 Å². The van der Waals surface area contributed by atoms with Crippen LogP contribution in [0.15, 0.2) is 54.0 Å². The van der Waals surface area contributed by atoms with E-state index in [1.54, 1.807) is 0 Å². The van der Waals surface area contributed by atoms with Gasteiger partial charge in [0.05, 0.1) is 26.4 Å². The topological polar surface area (TPSA) is 761 Å². The van der Waals surface area contributed by atoms with Crippen LogP contribution in [0.3, 0.4) is 0 Å². The molecule has 4 aromatic heterocycles. The van der Waals surface area contributed by atoms with Crippen molar-refractivity contribution in [1.82, 2.24) is 39.0 Å². The van der Waals surface area contributed by atoms with E-state index in [1.165, 1.54) is 9.97 Å². The van der Waals surface area contributed by atoms with E-state index in [9.17, 15) is 223 Å². The molecule has 15 atom stereocenters. The van der Waals surface area contributed by atoms with Crippen molar-refractivity contribution in [2.45, 2.75) is 156 Å². The number of rotatable bonds is 44. The SMILES string of the molecule is C=Nc1c(NS(=O)(=O)C(F)(F)F)ncnc1N(C)C1CC(OS(=O)(=O)C(F)(F)F)C(COP(=O)(OC2CC(n3cc(C)c(=O)[nH]c3=O)OC2COP(=O)(OC2CC(n3ccc(NS(=O)(=O)C(F)(F)F)nc3=O)OC2COP(=O)(OC2CC(N(C)c3nc(NS(=O)(=O)C(F)(F)F)[nH]c(=O)c3N=C)OC2COP(=O)(OS(=O)(=O)C(F)(F)F)OS(=O)(=O)C(F)(F)F)OS(=O)(=O)C(F)(F)F)OS(=O)(=O)C(F)(F)F)OS(=O)(=O)C(F)(F)F)O1. The quantitative estimate of drug-likeness (QED) is 0.0116. The molecule has 4 fully saturated rings. The summed E-state index contributed by atoms with van der Waals surface area (Å²) in [6.07, 6.45) is -44.6. The van der Waals surface area contributed by atoms with Gasteiger partial charge in [0.2, 0.25) is 5.95 Å². The summed E-state index contributed by atoms with van der Waals surface area (Å²) in [5.74, 6) is -7.85. The van der Waals surface area contributed by atoms with E-state index < -0.39 is 366 Å². The van der Waals surface area contributed by atoms with Gasteiger partial charge in [0.1, 0.15) is 91.6 Å². The van der Waals surface area contributed by atoms with Crippen molar-refractivity contribution in [3.05, 3.63) is 72.0 Å². The number of H-pyrrole nitrogens is 2. The first-order valence-electron chi connectivity index (χ1n) is 36.2. The summed E-state index contributed by atoms with van der Waals surface area (Å²) >= 11 is 0. The van der Waals surface area contributed by atoms with Crippen LogP contribution in [0.2, 0.25) is 0 Å². The van der Waals surface area contributed by atoms with Crippen molar-refractivity contribution in [3.8, 4) is 0 Å². The molecule has 8 heterocycles. The van der Waals surface area contributed by atoms with Gasteiger partial charge in [-0.1, -0.05) is 0 Å². The summed E-state index contributed by atoms with van der Waals surface area (Å²) in [6.45, 7) is -4.12. The van der Waals surface area contributed by atoms with Gasteiger partial charge in [-0.25, -0.2) is 42.5 Å². The lowest BCUT2D eigenvalue weighted by molar-refractivity contribution is -0.0681. The van der Waals surface area contributed by atoms with Crippen molar-refractivity contribution in [2.24, 2.45) is 9.98 Å². The lowest BCUT2D eigenvalue weighted by atomic mass is 10.2. The molecule has 98 heteroatoms. The van der Waals surface area contributed by atoms with Crippen LogP contribution in [-0.4, -0.2) is 280 Å². The number of alkyl halides is 27. The maximum Gasteiger partial charge on any atom is 0.523 e. The molecule has 4 saturated heterocycles. The molecular weight excluding hydrogens is 2420 g/mol. The Balaban J connectivity index is 1.29. The fourth-order valence-corrected chi connectivity index (χ4v) is 24.6. The zero-order valence-corrected chi connectivity index (χ0v) is 80.9. The molecule has 0 aliphatic carbocycles. The summed E-state index contributed by atoms with van der Waals surface area (Å²) < 4.78 is 738. The first kappa shape index (κ1) is 125. The minimum Gasteiger partial charge on any atom is -0.350 e. The van der Waals surface area contributed by atoms with Gasteiger partial charge in [-0.2, -0.15) is 224 Å². The number of phosphoric ester groups is 3. The Hall–Kier alpha value is -8.24. The largest absolute Gasteiger partial charge is 0.523 e. The Morgan fingerprint density at radius 3 is 1.14 bits per heavy atom. The molecule has 0 radical (unpaired) electrons. The normalized spacial score (nSPS) is 23.3. The Kier molecular flexibility index (Phi) is 36.2. The molecular formula is C50H50F27N15O43P4S9. The van der Waals surface area contributed by atoms with Crippen LogP contribution in [0, 0.1) is 6.92 Å². The average Bonchev–Trinajstić information content (AvgIpc) is 1.31. The van der Waals surface area contributed by atoms with E-state index in [0.29, 0.717) is 34.6 Å². The number of hydrogen-bond donors (Lipinski definition) is 5. The Morgan fingerprint density at radius 2 is 0.757 bits per heavy atom. The highest BCUT2D eigenvalue weighted by Crippen LogP contribution is 2.63. The van der Waals surface area contributed by atoms with Crippen LogP contribution in [0.5, 0.6) is 0 Å². The second kappa shape index (κ2) is 42.9. The zero-order valence-electron chi connectivity index (χ0n) is 70.0. The fraction of sp³-hybridized carbons (Fsp3) is 0.640. The number of anilines is 5. The molecule has 0 saturated carbocycles. The lowest BCUT2D eigenvalue weighted by Gasteiger charge is -2.28. The van der Waals surface area contributed by atoms with E-state index >= 15 is 9.13 Å². The van der Waals surface area contributed by atoms with Crippen LogP contribution in [0.25, 0.3) is 0 Å². The van der Waals surface area contributed by atoms with Crippen LogP contribution in [0.1, 0.15) is 43.7 Å². The minimum absolute atomic E-state index is 0.0290. The first-order valence-corrected chi connectivity index (χ1v) is 54.9. The highest BCUT2D eigenvalue weighted by molar-refractivity contribution is 7.96. The molecule has 846 valence electrons. The molecule has 0 aromatic carbocycles. The third-order valence-electron chi connectivity index (χ3n) is 17.7. The van der Waals surface area contributed by atoms with E-state index in [1.807, 2.05) is 0 Å². The summed E-state index contributed by atoms with van der Waals surface area (Å²) in [6, 6.07) is -0.0644. The third-order valence-corrected chi connectivity index (χ3v) is 35.9.